The van der Waals surface area contributed by atoms with Crippen molar-refractivity contribution in [2.24, 2.45) is 5.41 Å². The molecule has 2 N–H and O–H groups in total. The Bertz CT molecular complexity index is 638. The molecule has 3 rings (SSSR count). The molecule has 2 aliphatic rings. The summed E-state index contributed by atoms with van der Waals surface area (Å²) >= 11 is 6.32. The predicted octanol–water partition coefficient (Wildman–Crippen LogP) is 2.51. The number of aliphatic carboxylic acids is 1. The van der Waals surface area contributed by atoms with Gasteiger partial charge in [-0.15, -0.1) is 0 Å². The Morgan fingerprint density at radius 2 is 2.12 bits per heavy atom. The van der Waals surface area contributed by atoms with E-state index in [1.807, 2.05) is 17.9 Å². The van der Waals surface area contributed by atoms with E-state index in [1.165, 1.54) is 0 Å². The summed E-state index contributed by atoms with van der Waals surface area (Å²) in [4.78, 5) is 13.9. The molecule has 2 heterocycles. The molecule has 24 heavy (non-hydrogen) atoms. The number of benzene rings is 1. The van der Waals surface area contributed by atoms with Crippen molar-refractivity contribution in [3.63, 3.8) is 0 Å². The third-order valence-electron chi connectivity index (χ3n) is 4.92. The van der Waals surface area contributed by atoms with E-state index in [9.17, 15) is 15.0 Å². The normalized spacial score (nSPS) is 26.5. The Morgan fingerprint density at radius 1 is 1.42 bits per heavy atom. The van der Waals surface area contributed by atoms with Crippen molar-refractivity contribution in [3.8, 4) is 11.5 Å². The van der Waals surface area contributed by atoms with E-state index in [-0.39, 0.29) is 6.79 Å². The van der Waals surface area contributed by atoms with E-state index in [4.69, 9.17) is 21.1 Å². The molecule has 0 unspecified atom stereocenters. The number of hydrogen-bond donors (Lipinski definition) is 2. The fourth-order valence-electron chi connectivity index (χ4n) is 3.63. The molecule has 2 atom stereocenters. The lowest BCUT2D eigenvalue weighted by Gasteiger charge is -2.43. The zero-order valence-electron chi connectivity index (χ0n) is 13.6. The van der Waals surface area contributed by atoms with E-state index in [0.717, 1.165) is 5.56 Å². The average molecular weight is 356 g/mol. The number of nitrogens with zero attached hydrogens (tertiary/aromatic N) is 1. The Labute approximate surface area is 145 Å². The van der Waals surface area contributed by atoms with E-state index in [0.29, 0.717) is 55.4 Å². The summed E-state index contributed by atoms with van der Waals surface area (Å²) in [6.07, 6.45) is 0.782. The summed E-state index contributed by atoms with van der Waals surface area (Å²) in [7, 11) is 0. The van der Waals surface area contributed by atoms with Crippen LogP contribution in [0.3, 0.4) is 0 Å². The van der Waals surface area contributed by atoms with Gasteiger partial charge in [0.25, 0.3) is 0 Å². The maximum absolute atomic E-state index is 11.8. The third kappa shape index (κ3) is 3.06. The van der Waals surface area contributed by atoms with Gasteiger partial charge in [-0.25, -0.2) is 0 Å². The van der Waals surface area contributed by atoms with Gasteiger partial charge in [0.05, 0.1) is 6.10 Å². The molecule has 0 amide bonds. The number of halogens is 1. The Balaban J connectivity index is 1.80. The highest BCUT2D eigenvalue weighted by atomic mass is 35.5. The number of fused-ring (bicyclic) bond motifs is 1. The maximum Gasteiger partial charge on any atom is 0.313 e. The largest absolute Gasteiger partial charge is 0.481 e. The summed E-state index contributed by atoms with van der Waals surface area (Å²) in [6.45, 7) is 3.57. The second-order valence-corrected chi connectivity index (χ2v) is 6.93. The number of carboxylic acids is 1. The first-order valence-electron chi connectivity index (χ1n) is 8.18. The van der Waals surface area contributed by atoms with Crippen molar-refractivity contribution < 1.29 is 24.5 Å². The molecular weight excluding hydrogens is 334 g/mol. The van der Waals surface area contributed by atoms with Crippen LogP contribution in [0.5, 0.6) is 11.5 Å². The van der Waals surface area contributed by atoms with E-state index in [2.05, 4.69) is 0 Å². The SMILES string of the molecule is CCC[C@@]1(C(=O)O)CN(Cc2cc3c(cc2Cl)OCO3)CC[C@@H]1O. The third-order valence-corrected chi connectivity index (χ3v) is 5.27. The van der Waals surface area contributed by atoms with Crippen molar-refractivity contribution in [1.29, 1.82) is 0 Å². The first-order valence-corrected chi connectivity index (χ1v) is 8.56. The molecule has 0 bridgehead atoms. The van der Waals surface area contributed by atoms with Gasteiger partial charge in [-0.05, 0) is 24.5 Å². The van der Waals surface area contributed by atoms with E-state index >= 15 is 0 Å². The minimum Gasteiger partial charge on any atom is -0.481 e. The lowest BCUT2D eigenvalue weighted by molar-refractivity contribution is -0.164. The zero-order valence-corrected chi connectivity index (χ0v) is 14.4. The minimum atomic E-state index is -1.12. The number of hydrogen-bond acceptors (Lipinski definition) is 5. The van der Waals surface area contributed by atoms with Gasteiger partial charge < -0.3 is 19.7 Å². The van der Waals surface area contributed by atoms with Crippen LogP contribution in [0.1, 0.15) is 31.7 Å². The van der Waals surface area contributed by atoms with Crippen molar-refractivity contribution in [1.82, 2.24) is 4.90 Å². The fourth-order valence-corrected chi connectivity index (χ4v) is 3.84. The van der Waals surface area contributed by atoms with Gasteiger partial charge in [0, 0.05) is 30.7 Å². The smallest absolute Gasteiger partial charge is 0.313 e. The van der Waals surface area contributed by atoms with Gasteiger partial charge in [0.1, 0.15) is 5.41 Å². The Hall–Kier alpha value is -1.50. The molecule has 0 saturated carbocycles. The quantitative estimate of drug-likeness (QED) is 0.844. The van der Waals surface area contributed by atoms with Crippen LogP contribution in [0.2, 0.25) is 5.02 Å². The van der Waals surface area contributed by atoms with Crippen molar-refractivity contribution in [3.05, 3.63) is 22.7 Å². The van der Waals surface area contributed by atoms with Crippen LogP contribution >= 0.6 is 11.6 Å². The number of aliphatic hydroxyl groups is 1. The number of carboxylic acid groups (broad SMARTS) is 1. The fraction of sp³-hybridized carbons (Fsp3) is 0.588. The molecule has 1 aromatic rings. The predicted molar refractivity (Wildman–Crippen MR) is 88.5 cm³/mol. The van der Waals surface area contributed by atoms with Gasteiger partial charge in [0.15, 0.2) is 11.5 Å². The van der Waals surface area contributed by atoms with Gasteiger partial charge >= 0.3 is 5.97 Å². The number of carbonyl (C=O) groups is 1. The van der Waals surface area contributed by atoms with Crippen LogP contribution in [-0.4, -0.2) is 47.1 Å². The molecule has 1 aromatic carbocycles. The van der Waals surface area contributed by atoms with Crippen LogP contribution in [0.4, 0.5) is 0 Å². The summed E-state index contributed by atoms with van der Waals surface area (Å²) in [5.74, 6) is 0.353. The van der Waals surface area contributed by atoms with Crippen LogP contribution in [0, 0.1) is 5.41 Å². The van der Waals surface area contributed by atoms with Crippen molar-refractivity contribution in [2.75, 3.05) is 19.9 Å². The van der Waals surface area contributed by atoms with Crippen LogP contribution < -0.4 is 9.47 Å². The topological polar surface area (TPSA) is 79.2 Å². The van der Waals surface area contributed by atoms with Gasteiger partial charge in [-0.2, -0.15) is 0 Å². The highest BCUT2D eigenvalue weighted by Gasteiger charge is 2.48. The minimum absolute atomic E-state index is 0.184. The van der Waals surface area contributed by atoms with Gasteiger partial charge in [-0.1, -0.05) is 24.9 Å². The first kappa shape index (κ1) is 17.3. The highest BCUT2D eigenvalue weighted by Crippen LogP contribution is 2.39. The summed E-state index contributed by atoms with van der Waals surface area (Å²) in [6, 6.07) is 3.58. The molecule has 1 fully saturated rings. The number of likely N-dealkylation sites (tertiary alicyclic amines) is 1. The van der Waals surface area contributed by atoms with Crippen molar-refractivity contribution >= 4 is 17.6 Å². The van der Waals surface area contributed by atoms with Gasteiger partial charge in [0.2, 0.25) is 6.79 Å². The summed E-state index contributed by atoms with van der Waals surface area (Å²) < 4.78 is 10.7. The molecule has 2 aliphatic heterocycles. The number of aliphatic hydroxyl groups excluding tert-OH is 1. The lowest BCUT2D eigenvalue weighted by Crippen LogP contribution is -2.55. The second kappa shape index (κ2) is 6.78. The first-order chi connectivity index (χ1) is 11.5. The molecule has 0 radical (unpaired) electrons. The maximum atomic E-state index is 11.8. The molecule has 6 nitrogen and oxygen atoms in total. The van der Waals surface area contributed by atoms with E-state index in [1.54, 1.807) is 6.07 Å². The molecule has 0 aromatic heterocycles. The van der Waals surface area contributed by atoms with Gasteiger partial charge in [-0.3, -0.25) is 9.69 Å². The van der Waals surface area contributed by atoms with E-state index < -0.39 is 17.5 Å². The number of rotatable bonds is 5. The summed E-state index contributed by atoms with van der Waals surface area (Å²) in [5.41, 5.74) is -0.247. The number of piperidine rings is 1. The molecule has 132 valence electrons. The van der Waals surface area contributed by atoms with Crippen LogP contribution in [0.25, 0.3) is 0 Å². The van der Waals surface area contributed by atoms with Crippen molar-refractivity contribution in [2.45, 2.75) is 38.8 Å². The molecular formula is C17H22ClNO5. The molecule has 7 heteroatoms. The monoisotopic (exact) mass is 355 g/mol. The standard InChI is InChI=1S/C17H22ClNO5/c1-2-4-17(16(21)22)9-19(5-3-15(17)20)8-11-6-13-14(7-12(11)18)24-10-23-13/h6-7,15,20H,2-5,8-10H2,1H3,(H,21,22)/t15-,17+/m0/s1. The zero-order chi connectivity index (χ0) is 17.3. The molecule has 0 aliphatic carbocycles. The van der Waals surface area contributed by atoms with Crippen LogP contribution in [0.15, 0.2) is 12.1 Å². The molecule has 0 spiro atoms. The average Bonchev–Trinajstić information content (AvgIpc) is 2.98. The second-order valence-electron chi connectivity index (χ2n) is 6.52. The van der Waals surface area contributed by atoms with Crippen LogP contribution in [-0.2, 0) is 11.3 Å². The lowest BCUT2D eigenvalue weighted by atomic mass is 9.74. The highest BCUT2D eigenvalue weighted by molar-refractivity contribution is 6.31. The Kier molecular flexibility index (Phi) is 4.90. The Morgan fingerprint density at radius 3 is 2.79 bits per heavy atom. The number of ether oxygens (including phenoxy) is 2. The molecule has 1 saturated heterocycles. The summed E-state index contributed by atoms with van der Waals surface area (Å²) in [5, 5.41) is 20.6.